The van der Waals surface area contributed by atoms with Crippen LogP contribution in [0.25, 0.3) is 0 Å². The molecule has 31 heavy (non-hydrogen) atoms. The van der Waals surface area contributed by atoms with E-state index in [0.717, 1.165) is 52.0 Å². The quantitative estimate of drug-likeness (QED) is 0.526. The van der Waals surface area contributed by atoms with E-state index in [4.69, 9.17) is 9.47 Å². The maximum absolute atomic E-state index is 12.9. The highest BCUT2D eigenvalue weighted by Gasteiger charge is 2.28. The number of nitrogens with one attached hydrogen (secondary N) is 1. The molecule has 3 rings (SSSR count). The van der Waals surface area contributed by atoms with Gasteiger partial charge in [0.25, 0.3) is 5.91 Å². The van der Waals surface area contributed by atoms with Crippen LogP contribution >= 0.6 is 0 Å². The van der Waals surface area contributed by atoms with E-state index in [9.17, 15) is 4.79 Å². The fourth-order valence-electron chi connectivity index (χ4n) is 3.83. The molecule has 0 fully saturated rings. The molecule has 1 atom stereocenters. The molecule has 0 saturated heterocycles. The van der Waals surface area contributed by atoms with E-state index >= 15 is 0 Å². The minimum absolute atomic E-state index is 0.0456. The molecule has 0 spiro atoms. The van der Waals surface area contributed by atoms with Gasteiger partial charge in [-0.2, -0.15) is 0 Å². The van der Waals surface area contributed by atoms with Crippen LogP contribution in [0.15, 0.2) is 36.5 Å². The number of rotatable bonds is 12. The van der Waals surface area contributed by atoms with Gasteiger partial charge in [0.15, 0.2) is 0 Å². The fourth-order valence-corrected chi connectivity index (χ4v) is 3.83. The molecule has 0 radical (unpaired) electrons. The highest BCUT2D eigenvalue weighted by molar-refractivity contribution is 5.92. The number of benzene rings is 1. The van der Waals surface area contributed by atoms with Gasteiger partial charge in [-0.15, -0.1) is 0 Å². The van der Waals surface area contributed by atoms with Crippen molar-refractivity contribution in [2.24, 2.45) is 0 Å². The van der Waals surface area contributed by atoms with Crippen LogP contribution in [0.2, 0.25) is 0 Å². The van der Waals surface area contributed by atoms with Crippen LogP contribution in [0.1, 0.15) is 53.9 Å². The van der Waals surface area contributed by atoms with Crippen molar-refractivity contribution in [1.82, 2.24) is 15.2 Å². The number of fused-ring (bicyclic) bond motifs is 1. The molecule has 1 aromatic carbocycles. The molecular weight excluding hydrogens is 390 g/mol. The summed E-state index contributed by atoms with van der Waals surface area (Å²) in [6.45, 7) is 7.97. The normalized spacial score (nSPS) is 15.0. The van der Waals surface area contributed by atoms with Crippen LogP contribution in [0, 0.1) is 0 Å². The maximum Gasteiger partial charge on any atom is 0.272 e. The lowest BCUT2D eigenvalue weighted by molar-refractivity contribution is 0.0731. The molecule has 0 saturated carbocycles. The van der Waals surface area contributed by atoms with Gasteiger partial charge in [-0.3, -0.25) is 4.79 Å². The average Bonchev–Trinajstić information content (AvgIpc) is 3.22. The zero-order valence-electron chi connectivity index (χ0n) is 19.0. The maximum atomic E-state index is 12.9. The second kappa shape index (κ2) is 11.8. The van der Waals surface area contributed by atoms with Crippen molar-refractivity contribution in [3.05, 3.63) is 58.9 Å². The van der Waals surface area contributed by atoms with Gasteiger partial charge in [-0.05, 0) is 55.0 Å². The monoisotopic (exact) mass is 425 g/mol. The summed E-state index contributed by atoms with van der Waals surface area (Å²) in [5.74, 6) is 0.666. The van der Waals surface area contributed by atoms with Crippen molar-refractivity contribution < 1.29 is 14.3 Å². The lowest BCUT2D eigenvalue weighted by Gasteiger charge is -2.24. The first-order chi connectivity index (χ1) is 15.1. The Labute approximate surface area is 186 Å². The van der Waals surface area contributed by atoms with Crippen LogP contribution in [0.4, 0.5) is 0 Å². The number of pyridine rings is 1. The summed E-state index contributed by atoms with van der Waals surface area (Å²) in [5, 5.41) is 3.41. The third-order valence-electron chi connectivity index (χ3n) is 5.73. The second-order valence-electron chi connectivity index (χ2n) is 8.04. The van der Waals surface area contributed by atoms with Gasteiger partial charge in [0.2, 0.25) is 0 Å². The molecule has 168 valence electrons. The predicted octanol–water partition coefficient (Wildman–Crippen LogP) is 3.63. The summed E-state index contributed by atoms with van der Waals surface area (Å²) in [6.07, 6.45) is 5.50. The van der Waals surface area contributed by atoms with Crippen molar-refractivity contribution in [1.29, 1.82) is 0 Å². The molecular formula is C25H35N3O3. The Morgan fingerprint density at radius 1 is 1.16 bits per heavy atom. The Morgan fingerprint density at radius 2 is 2.00 bits per heavy atom. The minimum Gasteiger partial charge on any atom is -0.492 e. The Hall–Kier alpha value is -2.44. The number of nitrogens with zero attached hydrogens (tertiary/aromatic N) is 2. The fraction of sp³-hybridized carbons (Fsp3) is 0.520. The number of unbranched alkanes of at least 4 members (excludes halogenated alkanes) is 1. The topological polar surface area (TPSA) is 63.7 Å². The molecule has 0 aliphatic heterocycles. The summed E-state index contributed by atoms with van der Waals surface area (Å²) in [4.78, 5) is 19.1. The van der Waals surface area contributed by atoms with Gasteiger partial charge in [0.05, 0.1) is 19.4 Å². The smallest absolute Gasteiger partial charge is 0.272 e. The SMILES string of the molecule is CCCCOc1ccc(C(=O)N(C)C2Cc3ccc(CNCCOCC)cc3C2)nc1. The van der Waals surface area contributed by atoms with E-state index in [-0.39, 0.29) is 11.9 Å². The largest absolute Gasteiger partial charge is 0.492 e. The van der Waals surface area contributed by atoms with E-state index in [1.165, 1.54) is 16.7 Å². The molecule has 1 heterocycles. The summed E-state index contributed by atoms with van der Waals surface area (Å²) in [6, 6.07) is 10.4. The summed E-state index contributed by atoms with van der Waals surface area (Å²) in [7, 11) is 1.88. The van der Waals surface area contributed by atoms with Crippen LogP contribution in [0.5, 0.6) is 5.75 Å². The number of hydrogen-bond donors (Lipinski definition) is 1. The van der Waals surface area contributed by atoms with Crippen molar-refractivity contribution in [2.45, 2.75) is 52.1 Å². The molecule has 1 amide bonds. The molecule has 6 nitrogen and oxygen atoms in total. The van der Waals surface area contributed by atoms with E-state index in [1.807, 2.05) is 24.9 Å². The van der Waals surface area contributed by atoms with Crippen molar-refractivity contribution in [2.75, 3.05) is 33.4 Å². The van der Waals surface area contributed by atoms with Crippen LogP contribution in [-0.2, 0) is 24.1 Å². The van der Waals surface area contributed by atoms with Crippen molar-refractivity contribution in [3.63, 3.8) is 0 Å². The third-order valence-corrected chi connectivity index (χ3v) is 5.73. The molecule has 1 aromatic heterocycles. The minimum atomic E-state index is -0.0456. The van der Waals surface area contributed by atoms with Crippen molar-refractivity contribution in [3.8, 4) is 5.75 Å². The molecule has 6 heteroatoms. The number of carbonyl (C=O) groups excluding carboxylic acids is 1. The number of ether oxygens (including phenoxy) is 2. The number of hydrogen-bond acceptors (Lipinski definition) is 5. The molecule has 0 bridgehead atoms. The predicted molar refractivity (Wildman–Crippen MR) is 123 cm³/mol. The van der Waals surface area contributed by atoms with E-state index in [2.05, 4.69) is 35.4 Å². The summed E-state index contributed by atoms with van der Waals surface area (Å²) >= 11 is 0. The standard InChI is InChI=1S/C25H35N3O3/c1-4-6-12-31-23-9-10-24(27-18-23)25(29)28(3)22-15-20-8-7-19(14-21(20)16-22)17-26-11-13-30-5-2/h7-10,14,18,22,26H,4-6,11-13,15-17H2,1-3H3. The summed E-state index contributed by atoms with van der Waals surface area (Å²) in [5.41, 5.74) is 4.39. The molecule has 1 aliphatic carbocycles. The zero-order chi connectivity index (χ0) is 22.1. The number of amides is 1. The average molecular weight is 426 g/mol. The molecule has 1 unspecified atom stereocenters. The lowest BCUT2D eigenvalue weighted by atomic mass is 10.1. The third kappa shape index (κ3) is 6.52. The number of carbonyl (C=O) groups is 1. The van der Waals surface area contributed by atoms with Gasteiger partial charge >= 0.3 is 0 Å². The van der Waals surface area contributed by atoms with Crippen molar-refractivity contribution >= 4 is 5.91 Å². The Bertz CT molecular complexity index is 838. The second-order valence-corrected chi connectivity index (χ2v) is 8.04. The zero-order valence-corrected chi connectivity index (χ0v) is 19.0. The molecule has 2 aromatic rings. The highest BCUT2D eigenvalue weighted by atomic mass is 16.5. The Balaban J connectivity index is 1.53. The van der Waals surface area contributed by atoms with E-state index in [1.54, 1.807) is 12.3 Å². The van der Waals surface area contributed by atoms with Crippen LogP contribution in [-0.4, -0.2) is 55.2 Å². The first-order valence-corrected chi connectivity index (χ1v) is 11.4. The Kier molecular flexibility index (Phi) is 8.85. The highest BCUT2D eigenvalue weighted by Crippen LogP contribution is 2.27. The van der Waals surface area contributed by atoms with Crippen LogP contribution in [0.3, 0.4) is 0 Å². The van der Waals surface area contributed by atoms with Gasteiger partial charge < -0.3 is 19.7 Å². The lowest BCUT2D eigenvalue weighted by Crippen LogP contribution is -2.38. The van der Waals surface area contributed by atoms with Gasteiger partial charge in [0, 0.05) is 32.8 Å². The van der Waals surface area contributed by atoms with E-state index < -0.39 is 0 Å². The number of aromatic nitrogens is 1. The van der Waals surface area contributed by atoms with Gasteiger partial charge in [-0.25, -0.2) is 4.98 Å². The first-order valence-electron chi connectivity index (χ1n) is 11.4. The van der Waals surface area contributed by atoms with Crippen LogP contribution < -0.4 is 10.1 Å². The van der Waals surface area contributed by atoms with E-state index in [0.29, 0.717) is 18.1 Å². The molecule has 1 N–H and O–H groups in total. The van der Waals surface area contributed by atoms with Gasteiger partial charge in [-0.1, -0.05) is 31.5 Å². The Morgan fingerprint density at radius 3 is 2.74 bits per heavy atom. The molecule has 1 aliphatic rings. The first kappa shape index (κ1) is 23.2. The van der Waals surface area contributed by atoms with Gasteiger partial charge in [0.1, 0.15) is 11.4 Å². The summed E-state index contributed by atoms with van der Waals surface area (Å²) < 4.78 is 11.0. The number of likely N-dealkylation sites (N-methyl/N-ethyl adjacent to an activating group) is 1.